The van der Waals surface area contributed by atoms with Gasteiger partial charge in [-0.15, -0.1) is 0 Å². The van der Waals surface area contributed by atoms with E-state index in [2.05, 4.69) is 18.7 Å². The molecule has 0 amide bonds. The number of anilines is 1. The number of amidine groups is 1. The molecule has 0 saturated carbocycles. The Morgan fingerprint density at radius 2 is 2.17 bits per heavy atom. The van der Waals surface area contributed by atoms with Gasteiger partial charge < -0.3 is 10.6 Å². The number of hydrogen-bond donors (Lipinski definition) is 2. The number of piperidine rings is 1. The molecule has 0 radical (unpaired) electrons. The Labute approximate surface area is 113 Å². The molecule has 3 N–H and O–H groups in total. The van der Waals surface area contributed by atoms with Crippen molar-refractivity contribution in [2.45, 2.75) is 32.7 Å². The molecule has 0 spiro atoms. The zero-order valence-electron chi connectivity index (χ0n) is 10.9. The average Bonchev–Trinajstić information content (AvgIpc) is 2.32. The van der Waals surface area contributed by atoms with Gasteiger partial charge in [-0.1, -0.05) is 18.5 Å². The van der Waals surface area contributed by atoms with Crippen LogP contribution in [-0.2, 0) is 0 Å². The Hall–Kier alpha value is -1.22. The number of rotatable bonds is 2. The average molecular weight is 266 g/mol. The quantitative estimate of drug-likeness (QED) is 0.637. The second-order valence-corrected chi connectivity index (χ2v) is 5.57. The number of nitrogens with zero attached hydrogens (tertiary/aromatic N) is 1. The Balaban J connectivity index is 2.42. The van der Waals surface area contributed by atoms with Gasteiger partial charge in [0.05, 0.1) is 0 Å². The maximum atomic E-state index is 7.69. The summed E-state index contributed by atoms with van der Waals surface area (Å²) < 4.78 is 0. The molecule has 1 aromatic rings. The van der Waals surface area contributed by atoms with E-state index in [4.69, 9.17) is 22.7 Å². The first kappa shape index (κ1) is 13.2. The van der Waals surface area contributed by atoms with E-state index in [1.807, 2.05) is 12.1 Å². The third kappa shape index (κ3) is 2.46. The van der Waals surface area contributed by atoms with Gasteiger partial charge in [-0.2, -0.15) is 0 Å². The first-order valence-corrected chi connectivity index (χ1v) is 6.79. The van der Waals surface area contributed by atoms with Crippen molar-refractivity contribution in [3.63, 3.8) is 0 Å². The van der Waals surface area contributed by atoms with E-state index in [0.717, 1.165) is 17.8 Å². The minimum atomic E-state index is 0.104. The molecular weight excluding hydrogens is 246 g/mol. The van der Waals surface area contributed by atoms with E-state index in [0.29, 0.717) is 17.0 Å². The van der Waals surface area contributed by atoms with Gasteiger partial charge in [-0.25, -0.2) is 0 Å². The summed E-state index contributed by atoms with van der Waals surface area (Å²) in [5, 5.41) is 8.38. The summed E-state index contributed by atoms with van der Waals surface area (Å²) in [5.41, 5.74) is 7.44. The second kappa shape index (κ2) is 5.19. The number of halogens is 1. The zero-order valence-corrected chi connectivity index (χ0v) is 11.7. The minimum absolute atomic E-state index is 0.104. The lowest BCUT2D eigenvalue weighted by Gasteiger charge is -2.40. The van der Waals surface area contributed by atoms with E-state index < -0.39 is 0 Å². The maximum Gasteiger partial charge on any atom is 0.124 e. The van der Waals surface area contributed by atoms with Crippen molar-refractivity contribution in [3.8, 4) is 0 Å². The van der Waals surface area contributed by atoms with E-state index in [1.54, 1.807) is 6.07 Å². The molecule has 18 heavy (non-hydrogen) atoms. The second-order valence-electron chi connectivity index (χ2n) is 5.13. The predicted octanol–water partition coefficient (Wildman–Crippen LogP) is 3.25. The molecule has 1 heterocycles. The fourth-order valence-electron chi connectivity index (χ4n) is 2.65. The van der Waals surface area contributed by atoms with Gasteiger partial charge in [0.1, 0.15) is 5.84 Å². The van der Waals surface area contributed by atoms with Crippen LogP contribution in [-0.4, -0.2) is 18.4 Å². The molecule has 2 rings (SSSR count). The van der Waals surface area contributed by atoms with E-state index in [9.17, 15) is 0 Å². The molecule has 1 fully saturated rings. The van der Waals surface area contributed by atoms with E-state index in [-0.39, 0.29) is 5.84 Å². The van der Waals surface area contributed by atoms with Crippen molar-refractivity contribution in [2.75, 3.05) is 11.4 Å². The third-order valence-corrected chi connectivity index (χ3v) is 4.17. The summed E-state index contributed by atoms with van der Waals surface area (Å²) in [6, 6.07) is 6.01. The third-order valence-electron chi connectivity index (χ3n) is 3.93. The lowest BCUT2D eigenvalue weighted by Crippen LogP contribution is -2.43. The standard InChI is InChI=1S/C14H20ClN3/c1-9-4-3-7-18(10(9)2)13-8-11(15)5-6-12(13)14(16)17/h5-6,8-10H,3-4,7H2,1-2H3,(H3,16,17). The zero-order chi connectivity index (χ0) is 13.3. The molecule has 0 aliphatic carbocycles. The predicted molar refractivity (Wildman–Crippen MR) is 77.7 cm³/mol. The maximum absolute atomic E-state index is 7.69. The van der Waals surface area contributed by atoms with Crippen molar-refractivity contribution in [3.05, 3.63) is 28.8 Å². The van der Waals surface area contributed by atoms with Gasteiger partial charge >= 0.3 is 0 Å². The summed E-state index contributed by atoms with van der Waals surface area (Å²) in [4.78, 5) is 2.33. The Morgan fingerprint density at radius 1 is 1.44 bits per heavy atom. The van der Waals surface area contributed by atoms with Crippen LogP contribution >= 0.6 is 11.6 Å². The first-order chi connectivity index (χ1) is 8.50. The lowest BCUT2D eigenvalue weighted by atomic mass is 9.91. The Morgan fingerprint density at radius 3 is 2.83 bits per heavy atom. The number of nitrogens with one attached hydrogen (secondary N) is 1. The fraction of sp³-hybridized carbons (Fsp3) is 0.500. The highest BCUT2D eigenvalue weighted by Crippen LogP contribution is 2.32. The molecule has 4 heteroatoms. The number of hydrogen-bond acceptors (Lipinski definition) is 2. The van der Waals surface area contributed by atoms with Gasteiger partial charge in [-0.05, 0) is 43.9 Å². The molecule has 1 aliphatic heterocycles. The highest BCUT2D eigenvalue weighted by molar-refractivity contribution is 6.31. The Kier molecular flexibility index (Phi) is 3.81. The molecule has 1 aliphatic rings. The lowest BCUT2D eigenvalue weighted by molar-refractivity contribution is 0.363. The van der Waals surface area contributed by atoms with Crippen LogP contribution in [0.4, 0.5) is 5.69 Å². The van der Waals surface area contributed by atoms with E-state index in [1.165, 1.54) is 12.8 Å². The van der Waals surface area contributed by atoms with Crippen LogP contribution in [0.3, 0.4) is 0 Å². The molecule has 1 aromatic carbocycles. The molecule has 0 bridgehead atoms. The summed E-state index contributed by atoms with van der Waals surface area (Å²) >= 11 is 6.09. The monoisotopic (exact) mass is 265 g/mol. The van der Waals surface area contributed by atoms with Crippen LogP contribution in [0.5, 0.6) is 0 Å². The van der Waals surface area contributed by atoms with Crippen molar-refractivity contribution in [1.82, 2.24) is 0 Å². The summed E-state index contributed by atoms with van der Waals surface area (Å²) in [7, 11) is 0. The molecule has 1 saturated heterocycles. The van der Waals surface area contributed by atoms with Crippen molar-refractivity contribution in [1.29, 1.82) is 5.41 Å². The normalized spacial score (nSPS) is 24.1. The summed E-state index contributed by atoms with van der Waals surface area (Å²) in [6.45, 7) is 5.51. The highest BCUT2D eigenvalue weighted by Gasteiger charge is 2.26. The fourth-order valence-corrected chi connectivity index (χ4v) is 2.81. The first-order valence-electron chi connectivity index (χ1n) is 6.41. The highest BCUT2D eigenvalue weighted by atomic mass is 35.5. The summed E-state index contributed by atoms with van der Waals surface area (Å²) in [5.74, 6) is 0.754. The van der Waals surface area contributed by atoms with Crippen molar-refractivity contribution in [2.24, 2.45) is 11.7 Å². The molecule has 3 nitrogen and oxygen atoms in total. The summed E-state index contributed by atoms with van der Waals surface area (Å²) in [6.07, 6.45) is 2.43. The van der Waals surface area contributed by atoms with Gasteiger partial charge in [0.25, 0.3) is 0 Å². The van der Waals surface area contributed by atoms with Crippen LogP contribution in [0.15, 0.2) is 18.2 Å². The van der Waals surface area contributed by atoms with Crippen molar-refractivity contribution < 1.29 is 0 Å². The smallest absolute Gasteiger partial charge is 0.124 e. The van der Waals surface area contributed by atoms with Gasteiger partial charge in [0.15, 0.2) is 0 Å². The molecule has 0 aromatic heterocycles. The molecular formula is C14H20ClN3. The molecule has 2 atom stereocenters. The van der Waals surface area contributed by atoms with Crippen LogP contribution < -0.4 is 10.6 Å². The van der Waals surface area contributed by atoms with Gasteiger partial charge in [0, 0.05) is 28.9 Å². The van der Waals surface area contributed by atoms with E-state index >= 15 is 0 Å². The number of benzene rings is 1. The minimum Gasteiger partial charge on any atom is -0.384 e. The molecule has 2 unspecified atom stereocenters. The van der Waals surface area contributed by atoms with Crippen LogP contribution in [0.2, 0.25) is 5.02 Å². The largest absolute Gasteiger partial charge is 0.384 e. The topological polar surface area (TPSA) is 53.1 Å². The van der Waals surface area contributed by atoms with Crippen molar-refractivity contribution >= 4 is 23.1 Å². The number of nitrogen functional groups attached to an aromatic ring is 1. The van der Waals surface area contributed by atoms with Crippen LogP contribution in [0.1, 0.15) is 32.3 Å². The van der Waals surface area contributed by atoms with Gasteiger partial charge in [-0.3, -0.25) is 5.41 Å². The van der Waals surface area contributed by atoms with Crippen LogP contribution in [0, 0.1) is 11.3 Å². The number of nitrogens with two attached hydrogens (primary N) is 1. The molecule has 98 valence electrons. The SMILES string of the molecule is CC1CCCN(c2cc(Cl)ccc2C(=N)N)C1C. The van der Waals surface area contributed by atoms with Gasteiger partial charge in [0.2, 0.25) is 0 Å². The van der Waals surface area contributed by atoms with Crippen LogP contribution in [0.25, 0.3) is 0 Å². The Bertz CT molecular complexity index is 458.